The number of aliphatic hydroxyl groups is 1. The maximum Gasteiger partial charge on any atom is 0.326 e. The molecule has 1 aliphatic heterocycles. The molecule has 1 rings (SSSR count). The van der Waals surface area contributed by atoms with Gasteiger partial charge in [0.25, 0.3) is 0 Å². The number of carboxylic acids is 1. The average Bonchev–Trinajstić information content (AvgIpc) is 2.58. The Balaban J connectivity index is 2.60. The molecule has 0 aliphatic carbocycles. The van der Waals surface area contributed by atoms with Gasteiger partial charge < -0.3 is 20.4 Å². The second-order valence-corrected chi connectivity index (χ2v) is 5.97. The van der Waals surface area contributed by atoms with Crippen molar-refractivity contribution in [3.05, 3.63) is 0 Å². The molecule has 1 fully saturated rings. The van der Waals surface area contributed by atoms with Crippen molar-refractivity contribution < 1.29 is 24.0 Å². The summed E-state index contributed by atoms with van der Waals surface area (Å²) in [5.41, 5.74) is 0. The average molecular weight is 278 g/mol. The number of carbonyl (C=O) groups excluding carboxylic acids is 1. The Kier molecular flexibility index (Phi) is 5.09. The van der Waals surface area contributed by atoms with Gasteiger partial charge in [-0.05, 0) is 6.92 Å². The quantitative estimate of drug-likeness (QED) is 0.610. The number of aliphatic hydroxyl groups excluding tert-OH is 1. The first-order chi connectivity index (χ1) is 8.31. The normalized spacial score (nSPS) is 26.7. The molecule has 0 spiro atoms. The molecule has 3 N–H and O–H groups in total. The van der Waals surface area contributed by atoms with E-state index in [0.717, 1.165) is 4.90 Å². The largest absolute Gasteiger partial charge is 0.480 e. The second-order valence-electron chi connectivity index (χ2n) is 4.49. The van der Waals surface area contributed by atoms with Gasteiger partial charge in [-0.25, -0.2) is 9.59 Å². The summed E-state index contributed by atoms with van der Waals surface area (Å²) in [7, 11) is -1.04. The van der Waals surface area contributed by atoms with Gasteiger partial charge in [-0.2, -0.15) is 0 Å². The van der Waals surface area contributed by atoms with Gasteiger partial charge in [0.1, 0.15) is 6.04 Å². The van der Waals surface area contributed by atoms with Crippen molar-refractivity contribution in [1.29, 1.82) is 0 Å². The van der Waals surface area contributed by atoms with Crippen molar-refractivity contribution in [3.63, 3.8) is 0 Å². The minimum absolute atomic E-state index is 0.00470. The van der Waals surface area contributed by atoms with Crippen LogP contribution in [0.15, 0.2) is 0 Å². The predicted molar refractivity (Wildman–Crippen MR) is 65.7 cm³/mol. The molecule has 4 unspecified atom stereocenters. The van der Waals surface area contributed by atoms with Crippen molar-refractivity contribution in [2.75, 3.05) is 18.6 Å². The van der Waals surface area contributed by atoms with Crippen LogP contribution in [0.3, 0.4) is 0 Å². The van der Waals surface area contributed by atoms with Gasteiger partial charge in [0.05, 0.1) is 6.10 Å². The number of rotatable bonds is 4. The van der Waals surface area contributed by atoms with E-state index in [1.165, 1.54) is 6.26 Å². The van der Waals surface area contributed by atoms with E-state index in [0.29, 0.717) is 5.75 Å². The highest BCUT2D eigenvalue weighted by Gasteiger charge is 2.39. The van der Waals surface area contributed by atoms with Gasteiger partial charge in [-0.3, -0.25) is 4.21 Å². The molecule has 104 valence electrons. The SMILES string of the molecule is CC(CS(C)=O)NC(=O)N1CC(O)CC1C(=O)O. The third-order valence-corrected chi connectivity index (χ3v) is 3.65. The van der Waals surface area contributed by atoms with E-state index in [1.807, 2.05) is 0 Å². The fourth-order valence-electron chi connectivity index (χ4n) is 1.96. The van der Waals surface area contributed by atoms with E-state index in [4.69, 9.17) is 5.11 Å². The number of amides is 2. The molecule has 0 aromatic carbocycles. The van der Waals surface area contributed by atoms with Crippen molar-refractivity contribution in [1.82, 2.24) is 10.2 Å². The zero-order chi connectivity index (χ0) is 13.9. The minimum Gasteiger partial charge on any atom is -0.480 e. The molecule has 4 atom stereocenters. The van der Waals surface area contributed by atoms with E-state index >= 15 is 0 Å². The topological polar surface area (TPSA) is 107 Å². The lowest BCUT2D eigenvalue weighted by Crippen LogP contribution is -2.49. The van der Waals surface area contributed by atoms with Crippen LogP contribution in [0, 0.1) is 0 Å². The second kappa shape index (κ2) is 6.14. The summed E-state index contributed by atoms with van der Waals surface area (Å²) < 4.78 is 11.0. The van der Waals surface area contributed by atoms with Gasteiger partial charge in [-0.1, -0.05) is 0 Å². The van der Waals surface area contributed by atoms with Crippen LogP contribution >= 0.6 is 0 Å². The molecule has 0 bridgehead atoms. The molecule has 18 heavy (non-hydrogen) atoms. The highest BCUT2D eigenvalue weighted by Crippen LogP contribution is 2.18. The first-order valence-electron chi connectivity index (χ1n) is 5.59. The molecule has 7 nitrogen and oxygen atoms in total. The van der Waals surface area contributed by atoms with Crippen LogP contribution in [0.1, 0.15) is 13.3 Å². The van der Waals surface area contributed by atoms with Gasteiger partial charge >= 0.3 is 12.0 Å². The van der Waals surface area contributed by atoms with Crippen LogP contribution in [0.2, 0.25) is 0 Å². The monoisotopic (exact) mass is 278 g/mol. The standard InChI is InChI=1S/C10H18N2O5S/c1-6(5-18(2)17)11-10(16)12-4-7(13)3-8(12)9(14)15/h6-8,13H,3-5H2,1-2H3,(H,11,16)(H,14,15). The third kappa shape index (κ3) is 3.95. The smallest absolute Gasteiger partial charge is 0.326 e. The molecular formula is C10H18N2O5S. The summed E-state index contributed by atoms with van der Waals surface area (Å²) in [6.07, 6.45) is 0.756. The molecule has 8 heteroatoms. The van der Waals surface area contributed by atoms with E-state index in [2.05, 4.69) is 5.32 Å². The lowest BCUT2D eigenvalue weighted by Gasteiger charge is -2.23. The Morgan fingerprint density at radius 1 is 1.56 bits per heavy atom. The lowest BCUT2D eigenvalue weighted by atomic mass is 10.2. The molecule has 0 aromatic heterocycles. The number of carbonyl (C=O) groups is 2. The van der Waals surface area contributed by atoms with E-state index < -0.39 is 34.9 Å². The van der Waals surface area contributed by atoms with Crippen LogP contribution in [0.25, 0.3) is 0 Å². The molecule has 0 aromatic rings. The van der Waals surface area contributed by atoms with Crippen molar-refractivity contribution in [2.45, 2.75) is 31.5 Å². The third-order valence-electron chi connectivity index (χ3n) is 2.68. The maximum absolute atomic E-state index is 11.8. The first kappa shape index (κ1) is 14.9. The fraction of sp³-hybridized carbons (Fsp3) is 0.800. The van der Waals surface area contributed by atoms with E-state index in [9.17, 15) is 18.9 Å². The number of carboxylic acid groups (broad SMARTS) is 1. The van der Waals surface area contributed by atoms with Gasteiger partial charge in [0.15, 0.2) is 0 Å². The van der Waals surface area contributed by atoms with E-state index in [-0.39, 0.29) is 19.0 Å². The minimum atomic E-state index is -1.13. The Morgan fingerprint density at radius 2 is 2.17 bits per heavy atom. The molecule has 0 saturated carbocycles. The Bertz CT molecular complexity index is 362. The van der Waals surface area contributed by atoms with Crippen LogP contribution in [0.4, 0.5) is 4.79 Å². The summed E-state index contributed by atoms with van der Waals surface area (Å²) in [6.45, 7) is 1.70. The number of aliphatic carboxylic acids is 1. The Labute approximate surface area is 108 Å². The van der Waals surface area contributed by atoms with Gasteiger partial charge in [0, 0.05) is 41.8 Å². The van der Waals surface area contributed by atoms with Crippen LogP contribution < -0.4 is 5.32 Å². The summed E-state index contributed by atoms with van der Waals surface area (Å²) >= 11 is 0. The van der Waals surface area contributed by atoms with Crippen molar-refractivity contribution >= 4 is 22.8 Å². The van der Waals surface area contributed by atoms with Crippen molar-refractivity contribution in [2.24, 2.45) is 0 Å². The van der Waals surface area contributed by atoms with Gasteiger partial charge in [-0.15, -0.1) is 0 Å². The molecule has 1 aliphatic rings. The lowest BCUT2D eigenvalue weighted by molar-refractivity contribution is -0.141. The fourth-order valence-corrected chi connectivity index (χ4v) is 2.75. The number of nitrogens with one attached hydrogen (secondary N) is 1. The van der Waals surface area contributed by atoms with E-state index in [1.54, 1.807) is 6.92 Å². The highest BCUT2D eigenvalue weighted by atomic mass is 32.2. The Hall–Kier alpha value is -1.15. The number of likely N-dealkylation sites (tertiary alicyclic amines) is 1. The molecular weight excluding hydrogens is 260 g/mol. The van der Waals surface area contributed by atoms with Crippen molar-refractivity contribution in [3.8, 4) is 0 Å². The molecule has 0 radical (unpaired) electrons. The van der Waals surface area contributed by atoms with Gasteiger partial charge in [0.2, 0.25) is 0 Å². The molecule has 1 heterocycles. The van der Waals surface area contributed by atoms with Crippen LogP contribution in [-0.4, -0.2) is 68.1 Å². The molecule has 2 amide bonds. The zero-order valence-electron chi connectivity index (χ0n) is 10.3. The zero-order valence-corrected chi connectivity index (χ0v) is 11.1. The highest BCUT2D eigenvalue weighted by molar-refractivity contribution is 7.84. The molecule has 1 saturated heterocycles. The number of hydrogen-bond donors (Lipinski definition) is 3. The summed E-state index contributed by atoms with van der Waals surface area (Å²) in [6, 6.07) is -1.85. The number of urea groups is 1. The maximum atomic E-state index is 11.8. The number of nitrogens with zero attached hydrogens (tertiary/aromatic N) is 1. The van der Waals surface area contributed by atoms with Crippen LogP contribution in [-0.2, 0) is 15.6 Å². The van der Waals surface area contributed by atoms with Crippen LogP contribution in [0.5, 0.6) is 0 Å². The first-order valence-corrected chi connectivity index (χ1v) is 7.32. The number of hydrogen-bond acceptors (Lipinski definition) is 4. The summed E-state index contributed by atoms with van der Waals surface area (Å²) in [4.78, 5) is 23.9. The number of β-amino-alcohol motifs (C(OH)–C–C–N with tert-alkyl or cyclic N) is 1. The Morgan fingerprint density at radius 3 is 2.67 bits per heavy atom. The predicted octanol–water partition coefficient (Wildman–Crippen LogP) is -1.02. The summed E-state index contributed by atoms with van der Waals surface area (Å²) in [5, 5.41) is 20.9. The summed E-state index contributed by atoms with van der Waals surface area (Å²) in [5.74, 6) is -0.826.